The molecule has 3 aromatic rings. The number of benzene rings is 3. The number of esters is 2. The van der Waals surface area contributed by atoms with Gasteiger partial charge in [-0.3, -0.25) is 4.79 Å². The lowest BCUT2D eigenvalue weighted by Crippen LogP contribution is -2.68. The molecule has 8 nitrogen and oxygen atoms in total. The van der Waals surface area contributed by atoms with E-state index in [2.05, 4.69) is 108 Å². The molecular weight excluding hydrogens is 769 g/mol. The molecule has 0 saturated carbocycles. The summed E-state index contributed by atoms with van der Waals surface area (Å²) in [4.78, 5) is 26.6. The second-order valence-electron chi connectivity index (χ2n) is 17.4. The fraction of sp³-hybridized carbons (Fsp3) is 0.451. The van der Waals surface area contributed by atoms with Gasteiger partial charge in [-0.05, 0) is 76.9 Å². The number of allylic oxidation sites excluding steroid dienone is 3. The molecule has 0 radical (unpaired) electrons. The summed E-state index contributed by atoms with van der Waals surface area (Å²) < 4.78 is 37.7. The molecule has 9 heteroatoms. The Bertz CT molecular complexity index is 1910. The number of hydrogen-bond acceptors (Lipinski definition) is 8. The highest BCUT2D eigenvalue weighted by Crippen LogP contribution is 2.40. The van der Waals surface area contributed by atoms with E-state index in [0.29, 0.717) is 32.5 Å². The summed E-state index contributed by atoms with van der Waals surface area (Å²) >= 11 is 0. The maximum absolute atomic E-state index is 13.9. The number of rotatable bonds is 13. The van der Waals surface area contributed by atoms with Crippen molar-refractivity contribution in [2.45, 2.75) is 110 Å². The molecule has 2 heterocycles. The van der Waals surface area contributed by atoms with E-state index >= 15 is 0 Å². The molecule has 1 saturated heterocycles. The predicted octanol–water partition coefficient (Wildman–Crippen LogP) is 9.48. The van der Waals surface area contributed by atoms with E-state index in [9.17, 15) is 9.59 Å². The average molecular weight is 835 g/mol. The zero-order valence-electron chi connectivity index (χ0n) is 37.1. The van der Waals surface area contributed by atoms with Crippen LogP contribution in [0.5, 0.6) is 5.75 Å². The van der Waals surface area contributed by atoms with Crippen molar-refractivity contribution in [3.63, 3.8) is 0 Å². The third kappa shape index (κ3) is 12.1. The zero-order chi connectivity index (χ0) is 43.3. The van der Waals surface area contributed by atoms with Gasteiger partial charge in [-0.2, -0.15) is 0 Å². The lowest BCUT2D eigenvalue weighted by atomic mass is 9.86. The van der Waals surface area contributed by atoms with Crippen LogP contribution >= 0.6 is 0 Å². The molecule has 1 fully saturated rings. The van der Waals surface area contributed by atoms with Gasteiger partial charge < -0.3 is 28.1 Å². The SMILES string of the molecule is COc1ccc(COC/C=C(\C)[C@H](OC)[C@@H](C)[C@@H]2C[C@H](O[Si](c3ccccc3)(c3ccccc3)C(C)(C)C)/C(C)=C/C=C/[C@@H](C)[C@H]3C[C@@H](C/C=C/C(=O)O2)CC(=O)O3)cc1. The van der Waals surface area contributed by atoms with Crippen LogP contribution in [0.4, 0.5) is 0 Å². The molecule has 2 aliphatic rings. The van der Waals surface area contributed by atoms with E-state index in [4.69, 9.17) is 28.1 Å². The predicted molar refractivity (Wildman–Crippen MR) is 242 cm³/mol. The van der Waals surface area contributed by atoms with Crippen LogP contribution in [0.25, 0.3) is 0 Å². The second-order valence-corrected chi connectivity index (χ2v) is 21.7. The van der Waals surface area contributed by atoms with Crippen LogP contribution in [0.2, 0.25) is 5.04 Å². The van der Waals surface area contributed by atoms with Crippen LogP contribution in [0, 0.1) is 17.8 Å². The van der Waals surface area contributed by atoms with Gasteiger partial charge in [0.05, 0.1) is 32.5 Å². The van der Waals surface area contributed by atoms with E-state index in [1.165, 1.54) is 6.08 Å². The average Bonchev–Trinajstić information content (AvgIpc) is 3.23. The molecule has 3 aromatic carbocycles. The first-order chi connectivity index (χ1) is 28.7. The fourth-order valence-corrected chi connectivity index (χ4v) is 13.3. The fourth-order valence-electron chi connectivity index (χ4n) is 8.60. The Hall–Kier alpha value is -4.54. The molecule has 60 heavy (non-hydrogen) atoms. The van der Waals surface area contributed by atoms with Gasteiger partial charge in [0, 0.05) is 37.9 Å². The molecule has 7 atom stereocenters. The number of ether oxygens (including phenoxy) is 5. The molecule has 2 aliphatic heterocycles. The Kier molecular flexibility index (Phi) is 16.9. The zero-order valence-corrected chi connectivity index (χ0v) is 38.1. The number of methoxy groups -OCH3 is 2. The molecular formula is C51H66O8Si. The largest absolute Gasteiger partial charge is 0.497 e. The Balaban J connectivity index is 1.55. The van der Waals surface area contributed by atoms with Gasteiger partial charge in [-0.15, -0.1) is 0 Å². The van der Waals surface area contributed by atoms with E-state index < -0.39 is 26.5 Å². The third-order valence-corrected chi connectivity index (χ3v) is 17.1. The second kappa shape index (κ2) is 21.8. The molecule has 0 unspecified atom stereocenters. The first-order valence-electron chi connectivity index (χ1n) is 21.4. The molecule has 0 aliphatic carbocycles. The number of carbonyl (C=O) groups excluding carboxylic acids is 2. The van der Waals surface area contributed by atoms with E-state index in [1.807, 2.05) is 55.5 Å². The van der Waals surface area contributed by atoms with Gasteiger partial charge in [0.25, 0.3) is 8.32 Å². The minimum atomic E-state index is -3.08. The van der Waals surface area contributed by atoms with Crippen molar-refractivity contribution in [2.75, 3.05) is 20.8 Å². The van der Waals surface area contributed by atoms with E-state index in [1.54, 1.807) is 14.2 Å². The van der Waals surface area contributed by atoms with Gasteiger partial charge >= 0.3 is 11.9 Å². The maximum Gasteiger partial charge on any atom is 0.330 e. The minimum Gasteiger partial charge on any atom is -0.497 e. The highest BCUT2D eigenvalue weighted by molar-refractivity contribution is 6.99. The van der Waals surface area contributed by atoms with Crippen LogP contribution < -0.4 is 15.1 Å². The monoisotopic (exact) mass is 834 g/mol. The van der Waals surface area contributed by atoms with E-state index in [-0.39, 0.29) is 41.0 Å². The number of carbonyl (C=O) groups is 2. The van der Waals surface area contributed by atoms with Crippen molar-refractivity contribution in [3.8, 4) is 5.75 Å². The van der Waals surface area contributed by atoms with Crippen LogP contribution in [-0.2, 0) is 39.6 Å². The molecule has 2 bridgehead atoms. The smallest absolute Gasteiger partial charge is 0.330 e. The summed E-state index contributed by atoms with van der Waals surface area (Å²) in [6.07, 6.45) is 12.0. The quantitative estimate of drug-likeness (QED) is 0.0729. The van der Waals surface area contributed by atoms with Crippen LogP contribution in [0.1, 0.15) is 79.7 Å². The maximum atomic E-state index is 13.9. The molecule has 0 amide bonds. The number of fused-ring (bicyclic) bond motifs is 2. The van der Waals surface area contributed by atoms with Gasteiger partial charge in [-0.1, -0.05) is 138 Å². The topological polar surface area (TPSA) is 89.5 Å². The Morgan fingerprint density at radius 1 is 0.917 bits per heavy atom. The van der Waals surface area contributed by atoms with Crippen molar-refractivity contribution < 1.29 is 37.7 Å². The summed E-state index contributed by atoms with van der Waals surface area (Å²) in [5.41, 5.74) is 3.02. The summed E-state index contributed by atoms with van der Waals surface area (Å²) in [6.45, 7) is 16.0. The molecule has 322 valence electrons. The van der Waals surface area contributed by atoms with Crippen molar-refractivity contribution in [3.05, 3.63) is 138 Å². The van der Waals surface area contributed by atoms with Crippen molar-refractivity contribution in [1.29, 1.82) is 0 Å². The highest BCUT2D eigenvalue weighted by atomic mass is 28.4. The third-order valence-electron chi connectivity index (χ3n) is 12.1. The van der Waals surface area contributed by atoms with Crippen molar-refractivity contribution in [1.82, 2.24) is 0 Å². The normalized spacial score (nSPS) is 25.2. The van der Waals surface area contributed by atoms with Gasteiger partial charge in [0.1, 0.15) is 18.0 Å². The molecule has 0 aromatic heterocycles. The lowest BCUT2D eigenvalue weighted by Gasteiger charge is -2.46. The summed E-state index contributed by atoms with van der Waals surface area (Å²) in [5.74, 6) is -0.0232. The summed E-state index contributed by atoms with van der Waals surface area (Å²) in [6, 6.07) is 29.0. The summed E-state index contributed by atoms with van der Waals surface area (Å²) in [5, 5.41) is 2.03. The molecule has 0 spiro atoms. The van der Waals surface area contributed by atoms with Crippen LogP contribution in [-0.4, -0.2) is 65.5 Å². The lowest BCUT2D eigenvalue weighted by molar-refractivity contribution is -0.158. The standard InChI is InChI=1S/C51H66O8Si/c1-36-18-16-19-37(2)46(59-60(51(5,6)7,43-21-12-10-13-22-43)44-23-14-11-15-24-44)34-47(58-48(52)25-17-20-41-32-45(36)57-49(53)33-41)39(4)50(55-9)38(3)30-31-56-35-40-26-28-42(54-8)29-27-40/h10-19,21-30,36,39,41,45-47,50H,20,31-35H2,1-9H3/b18-16+,25-17+,37-19+,38-30+/t36-,39+,41-,45-,46+,47+,50+/m1/s1. The van der Waals surface area contributed by atoms with Crippen LogP contribution in [0.15, 0.2) is 133 Å². The van der Waals surface area contributed by atoms with Gasteiger partial charge in [0.2, 0.25) is 0 Å². The Labute approximate surface area is 359 Å². The Morgan fingerprint density at radius 3 is 2.17 bits per heavy atom. The minimum absolute atomic E-state index is 0.00359. The summed E-state index contributed by atoms with van der Waals surface area (Å²) in [7, 11) is 0.274. The number of cyclic esters (lactones) is 1. The van der Waals surface area contributed by atoms with Gasteiger partial charge in [-0.25, -0.2) is 4.79 Å². The van der Waals surface area contributed by atoms with Crippen molar-refractivity contribution >= 4 is 30.6 Å². The first-order valence-corrected chi connectivity index (χ1v) is 23.3. The molecule has 0 N–H and O–H groups in total. The van der Waals surface area contributed by atoms with Crippen molar-refractivity contribution in [2.24, 2.45) is 17.8 Å². The molecule has 5 rings (SSSR count). The Morgan fingerprint density at radius 2 is 1.57 bits per heavy atom. The van der Waals surface area contributed by atoms with Gasteiger partial charge in [0.15, 0.2) is 0 Å². The van der Waals surface area contributed by atoms with E-state index in [0.717, 1.165) is 39.3 Å². The highest BCUT2D eigenvalue weighted by Gasteiger charge is 2.52. The first kappa shape index (κ1) is 46.5. The number of hydrogen-bond donors (Lipinski definition) is 0. The van der Waals surface area contributed by atoms with Crippen LogP contribution in [0.3, 0.4) is 0 Å².